The van der Waals surface area contributed by atoms with Crippen molar-refractivity contribution in [3.8, 4) is 0 Å². The molecule has 0 N–H and O–H groups in total. The molecule has 0 aliphatic heterocycles. The SMILES string of the molecule is CCCCCCC[N+](CC)(CC)C/C=C\Cc1cccc(Cl)c1Cl. The van der Waals surface area contributed by atoms with Gasteiger partial charge < -0.3 is 4.48 Å². The standard InChI is InChI=1S/C21H34Cl2N/c1-4-7-8-9-11-17-24(5-2,6-3)18-12-10-14-19-15-13-16-20(22)21(19)23/h10,12-13,15-16H,4-9,11,14,17-18H2,1-3H3/q+1/b12-10-. The van der Waals surface area contributed by atoms with E-state index in [0.717, 1.165) is 18.5 Å². The Labute approximate surface area is 159 Å². The summed E-state index contributed by atoms with van der Waals surface area (Å²) in [5.74, 6) is 0. The Balaban J connectivity index is 2.50. The highest BCUT2D eigenvalue weighted by atomic mass is 35.5. The number of allylic oxidation sites excluding steroid dienone is 1. The molecule has 0 fully saturated rings. The van der Waals surface area contributed by atoms with E-state index < -0.39 is 0 Å². The summed E-state index contributed by atoms with van der Waals surface area (Å²) in [5.41, 5.74) is 1.10. The summed E-state index contributed by atoms with van der Waals surface area (Å²) in [6.07, 6.45) is 12.2. The quantitative estimate of drug-likeness (QED) is 0.212. The highest BCUT2D eigenvalue weighted by molar-refractivity contribution is 6.42. The zero-order chi connectivity index (χ0) is 17.8. The average molecular weight is 371 g/mol. The first-order valence-corrected chi connectivity index (χ1v) is 10.3. The summed E-state index contributed by atoms with van der Waals surface area (Å²) in [7, 11) is 0. The second kappa shape index (κ2) is 12.0. The number of likely N-dealkylation sites (N-methyl/N-ethyl adjacent to an activating group) is 1. The van der Waals surface area contributed by atoms with Crippen LogP contribution in [0.25, 0.3) is 0 Å². The van der Waals surface area contributed by atoms with Gasteiger partial charge >= 0.3 is 0 Å². The first-order valence-electron chi connectivity index (χ1n) is 9.51. The van der Waals surface area contributed by atoms with Gasteiger partial charge in [0.05, 0.1) is 36.2 Å². The van der Waals surface area contributed by atoms with E-state index in [1.54, 1.807) is 0 Å². The summed E-state index contributed by atoms with van der Waals surface area (Å²) in [6, 6.07) is 5.85. The fourth-order valence-corrected chi connectivity index (χ4v) is 3.55. The Hall–Kier alpha value is -0.500. The molecule has 0 amide bonds. The van der Waals surface area contributed by atoms with E-state index in [2.05, 4.69) is 32.9 Å². The van der Waals surface area contributed by atoms with Crippen LogP contribution in [-0.2, 0) is 6.42 Å². The lowest BCUT2D eigenvalue weighted by molar-refractivity contribution is -0.919. The summed E-state index contributed by atoms with van der Waals surface area (Å²) < 4.78 is 1.19. The van der Waals surface area contributed by atoms with Crippen LogP contribution in [0.5, 0.6) is 0 Å². The van der Waals surface area contributed by atoms with E-state index >= 15 is 0 Å². The first-order chi connectivity index (χ1) is 11.6. The van der Waals surface area contributed by atoms with Crippen LogP contribution in [0.4, 0.5) is 0 Å². The molecule has 0 atom stereocenters. The van der Waals surface area contributed by atoms with Crippen molar-refractivity contribution < 1.29 is 4.48 Å². The first kappa shape index (κ1) is 21.5. The molecule has 24 heavy (non-hydrogen) atoms. The number of rotatable bonds is 12. The van der Waals surface area contributed by atoms with Gasteiger partial charge in [-0.3, -0.25) is 0 Å². The highest BCUT2D eigenvalue weighted by Crippen LogP contribution is 2.26. The number of nitrogens with zero attached hydrogens (tertiary/aromatic N) is 1. The Bertz CT molecular complexity index is 493. The van der Waals surface area contributed by atoms with Crippen molar-refractivity contribution >= 4 is 23.2 Å². The molecule has 3 heteroatoms. The Morgan fingerprint density at radius 2 is 1.62 bits per heavy atom. The van der Waals surface area contributed by atoms with E-state index in [1.807, 2.05) is 18.2 Å². The lowest BCUT2D eigenvalue weighted by atomic mass is 10.1. The minimum Gasteiger partial charge on any atom is -0.321 e. The largest absolute Gasteiger partial charge is 0.321 e. The molecule has 1 aromatic rings. The van der Waals surface area contributed by atoms with Gasteiger partial charge in [-0.25, -0.2) is 0 Å². The number of hydrogen-bond donors (Lipinski definition) is 0. The van der Waals surface area contributed by atoms with Crippen molar-refractivity contribution in [2.24, 2.45) is 0 Å². The van der Waals surface area contributed by atoms with Crippen LogP contribution in [0.2, 0.25) is 10.0 Å². The van der Waals surface area contributed by atoms with Gasteiger partial charge in [-0.05, 0) is 50.8 Å². The molecule has 1 rings (SSSR count). The predicted molar refractivity (Wildman–Crippen MR) is 109 cm³/mol. The minimum atomic E-state index is 0.641. The van der Waals surface area contributed by atoms with E-state index in [9.17, 15) is 0 Å². The molecular formula is C21H34Cl2N+. The second-order valence-corrected chi connectivity index (χ2v) is 7.47. The van der Waals surface area contributed by atoms with Gasteiger partial charge in [0, 0.05) is 0 Å². The van der Waals surface area contributed by atoms with Crippen molar-refractivity contribution in [1.82, 2.24) is 0 Å². The van der Waals surface area contributed by atoms with Crippen LogP contribution >= 0.6 is 23.2 Å². The molecule has 0 aliphatic carbocycles. The molecular weight excluding hydrogens is 337 g/mol. The molecule has 0 saturated heterocycles. The maximum Gasteiger partial charge on any atom is 0.0973 e. The number of halogens is 2. The van der Waals surface area contributed by atoms with Gasteiger partial charge in [-0.15, -0.1) is 0 Å². The molecule has 0 saturated carbocycles. The fraction of sp³-hybridized carbons (Fsp3) is 0.619. The number of hydrogen-bond acceptors (Lipinski definition) is 0. The van der Waals surface area contributed by atoms with Crippen LogP contribution < -0.4 is 0 Å². The lowest BCUT2D eigenvalue weighted by Gasteiger charge is -2.36. The molecule has 0 radical (unpaired) electrons. The van der Waals surface area contributed by atoms with Crippen LogP contribution in [0.15, 0.2) is 30.4 Å². The molecule has 0 unspecified atom stereocenters. The Morgan fingerprint density at radius 3 is 2.29 bits per heavy atom. The number of benzene rings is 1. The summed E-state index contributed by atoms with van der Waals surface area (Å²) in [6.45, 7) is 11.7. The molecule has 1 aromatic carbocycles. The van der Waals surface area contributed by atoms with Gasteiger partial charge in [0.15, 0.2) is 0 Å². The van der Waals surface area contributed by atoms with Crippen LogP contribution in [0, 0.1) is 0 Å². The topological polar surface area (TPSA) is 0 Å². The number of unbranched alkanes of at least 4 members (excludes halogenated alkanes) is 4. The van der Waals surface area contributed by atoms with Gasteiger partial charge in [0.1, 0.15) is 0 Å². The van der Waals surface area contributed by atoms with Crippen LogP contribution in [-0.4, -0.2) is 30.7 Å². The third-order valence-corrected chi connectivity index (χ3v) is 5.96. The third kappa shape index (κ3) is 7.17. The zero-order valence-corrected chi connectivity index (χ0v) is 17.2. The summed E-state index contributed by atoms with van der Waals surface area (Å²) >= 11 is 12.3. The highest BCUT2D eigenvalue weighted by Gasteiger charge is 2.20. The maximum absolute atomic E-state index is 6.26. The third-order valence-electron chi connectivity index (χ3n) is 5.11. The van der Waals surface area contributed by atoms with E-state index in [1.165, 1.54) is 56.2 Å². The van der Waals surface area contributed by atoms with Crippen LogP contribution in [0.1, 0.15) is 58.4 Å². The maximum atomic E-state index is 6.26. The van der Waals surface area contributed by atoms with E-state index in [-0.39, 0.29) is 0 Å². The Morgan fingerprint density at radius 1 is 0.917 bits per heavy atom. The van der Waals surface area contributed by atoms with Gasteiger partial charge in [0.2, 0.25) is 0 Å². The summed E-state index contributed by atoms with van der Waals surface area (Å²) in [4.78, 5) is 0. The summed E-state index contributed by atoms with van der Waals surface area (Å²) in [5, 5.41) is 1.33. The van der Waals surface area contributed by atoms with Crippen molar-refractivity contribution in [3.05, 3.63) is 46.0 Å². The molecule has 0 aromatic heterocycles. The minimum absolute atomic E-state index is 0.641. The molecule has 0 spiro atoms. The Kier molecular flexibility index (Phi) is 10.7. The van der Waals surface area contributed by atoms with Gasteiger partial charge in [0.25, 0.3) is 0 Å². The molecule has 0 aliphatic rings. The normalized spacial score (nSPS) is 12.2. The number of quaternary nitrogens is 1. The van der Waals surface area contributed by atoms with E-state index in [0.29, 0.717) is 10.0 Å². The predicted octanol–water partition coefficient (Wildman–Crippen LogP) is 6.92. The smallest absolute Gasteiger partial charge is 0.0973 e. The van der Waals surface area contributed by atoms with Crippen molar-refractivity contribution in [1.29, 1.82) is 0 Å². The zero-order valence-electron chi connectivity index (χ0n) is 15.7. The lowest BCUT2D eigenvalue weighted by Crippen LogP contribution is -2.48. The van der Waals surface area contributed by atoms with Crippen molar-refractivity contribution in [2.45, 2.75) is 59.3 Å². The second-order valence-electron chi connectivity index (χ2n) is 6.68. The fourth-order valence-electron chi connectivity index (χ4n) is 3.15. The van der Waals surface area contributed by atoms with E-state index in [4.69, 9.17) is 23.2 Å². The van der Waals surface area contributed by atoms with Crippen LogP contribution in [0.3, 0.4) is 0 Å². The van der Waals surface area contributed by atoms with Gasteiger partial charge in [-0.1, -0.05) is 67.6 Å². The van der Waals surface area contributed by atoms with Gasteiger partial charge in [-0.2, -0.15) is 0 Å². The molecule has 0 bridgehead atoms. The average Bonchev–Trinajstić information content (AvgIpc) is 2.60. The monoisotopic (exact) mass is 370 g/mol. The molecule has 0 heterocycles. The molecule has 136 valence electrons. The van der Waals surface area contributed by atoms with Crippen molar-refractivity contribution in [3.63, 3.8) is 0 Å². The molecule has 1 nitrogen and oxygen atoms in total. The van der Waals surface area contributed by atoms with Crippen molar-refractivity contribution in [2.75, 3.05) is 26.2 Å².